The van der Waals surface area contributed by atoms with Gasteiger partial charge in [-0.3, -0.25) is 0 Å². The van der Waals surface area contributed by atoms with Crippen LogP contribution in [0.4, 0.5) is 0 Å². The highest BCUT2D eigenvalue weighted by molar-refractivity contribution is 5.94. The fourth-order valence-electron chi connectivity index (χ4n) is 2.47. The lowest BCUT2D eigenvalue weighted by molar-refractivity contribution is 0.0520. The molecule has 1 aromatic heterocycles. The minimum Gasteiger partial charge on any atom is -0.493 e. The number of H-pyrrole nitrogens is 1. The molecule has 3 rings (SSSR count). The number of benzene rings is 2. The molecule has 128 valence electrons. The molecule has 0 bridgehead atoms. The van der Waals surface area contributed by atoms with E-state index in [2.05, 4.69) is 27.5 Å². The number of esters is 1. The van der Waals surface area contributed by atoms with Gasteiger partial charge in [0.25, 0.3) is 0 Å². The summed E-state index contributed by atoms with van der Waals surface area (Å²) < 4.78 is 11.0. The summed E-state index contributed by atoms with van der Waals surface area (Å²) in [6.07, 6.45) is 0.790. The largest absolute Gasteiger partial charge is 0.493 e. The zero-order chi connectivity index (χ0) is 17.5. The van der Waals surface area contributed by atoms with Crippen molar-refractivity contribution < 1.29 is 14.3 Å². The van der Waals surface area contributed by atoms with Crippen LogP contribution in [-0.2, 0) is 11.2 Å². The Bertz CT molecular complexity index is 831. The number of aromatic amines is 1. The second-order valence-electron chi connectivity index (χ2n) is 5.32. The zero-order valence-electron chi connectivity index (χ0n) is 13.9. The van der Waals surface area contributed by atoms with Gasteiger partial charge in [-0.25, -0.2) is 4.79 Å². The van der Waals surface area contributed by atoms with E-state index in [1.807, 2.05) is 42.5 Å². The van der Waals surface area contributed by atoms with E-state index in [0.29, 0.717) is 23.6 Å². The van der Waals surface area contributed by atoms with E-state index in [-0.39, 0.29) is 12.3 Å². The monoisotopic (exact) mass is 337 g/mol. The first-order valence-corrected chi connectivity index (χ1v) is 8.13. The minimum absolute atomic E-state index is 0.154. The summed E-state index contributed by atoms with van der Waals surface area (Å²) >= 11 is 0. The topological polar surface area (TPSA) is 77.1 Å². The maximum absolute atomic E-state index is 12.0. The fourth-order valence-corrected chi connectivity index (χ4v) is 2.47. The number of para-hydroxylation sites is 1. The van der Waals surface area contributed by atoms with Crippen LogP contribution >= 0.6 is 0 Å². The molecule has 0 aliphatic carbocycles. The Hall–Kier alpha value is -3.15. The fraction of sp³-hybridized carbons (Fsp3) is 0.211. The first kappa shape index (κ1) is 16.7. The van der Waals surface area contributed by atoms with Gasteiger partial charge in [0.15, 0.2) is 5.69 Å². The van der Waals surface area contributed by atoms with Crippen LogP contribution in [-0.4, -0.2) is 34.6 Å². The van der Waals surface area contributed by atoms with Crippen molar-refractivity contribution >= 4 is 5.97 Å². The SMILES string of the molecule is CCOC(=O)c1n[nH]nc1-c1ccccc1OCCc1ccccc1. The molecule has 0 amide bonds. The van der Waals surface area contributed by atoms with E-state index >= 15 is 0 Å². The molecule has 0 fully saturated rings. The van der Waals surface area contributed by atoms with Gasteiger partial charge < -0.3 is 9.47 Å². The van der Waals surface area contributed by atoms with Crippen molar-refractivity contribution in [2.75, 3.05) is 13.2 Å². The first-order chi connectivity index (χ1) is 12.3. The summed E-state index contributed by atoms with van der Waals surface area (Å²) in [5.41, 5.74) is 2.48. The van der Waals surface area contributed by atoms with Crippen molar-refractivity contribution in [3.8, 4) is 17.0 Å². The molecule has 2 aromatic carbocycles. The summed E-state index contributed by atoms with van der Waals surface area (Å²) in [5, 5.41) is 10.5. The highest BCUT2D eigenvalue weighted by atomic mass is 16.5. The van der Waals surface area contributed by atoms with Crippen LogP contribution in [0.1, 0.15) is 23.0 Å². The standard InChI is InChI=1S/C19H19N3O3/c1-2-24-19(23)18-17(20-22-21-18)15-10-6-7-11-16(15)25-13-12-14-8-4-3-5-9-14/h3-11H,2,12-13H2,1H3,(H,20,21,22). The van der Waals surface area contributed by atoms with Gasteiger partial charge in [0.2, 0.25) is 0 Å². The summed E-state index contributed by atoms with van der Waals surface area (Å²) in [7, 11) is 0. The number of carbonyl (C=O) groups is 1. The van der Waals surface area contributed by atoms with Gasteiger partial charge in [0.05, 0.1) is 13.2 Å². The summed E-state index contributed by atoms with van der Waals surface area (Å²) in [6.45, 7) is 2.55. The second kappa shape index (κ2) is 8.10. The molecule has 0 radical (unpaired) electrons. The Balaban J connectivity index is 1.78. The van der Waals surface area contributed by atoms with Crippen LogP contribution in [0.5, 0.6) is 5.75 Å². The number of nitrogens with one attached hydrogen (secondary N) is 1. The van der Waals surface area contributed by atoms with Crippen molar-refractivity contribution in [3.63, 3.8) is 0 Å². The molecule has 0 saturated carbocycles. The van der Waals surface area contributed by atoms with Crippen LogP contribution in [0.25, 0.3) is 11.3 Å². The normalized spacial score (nSPS) is 10.4. The summed E-state index contributed by atoms with van der Waals surface area (Å²) in [6, 6.07) is 17.6. The van der Waals surface area contributed by atoms with Gasteiger partial charge in [-0.2, -0.15) is 10.3 Å². The first-order valence-electron chi connectivity index (χ1n) is 8.13. The number of rotatable bonds is 7. The molecular weight excluding hydrogens is 318 g/mol. The van der Waals surface area contributed by atoms with Gasteiger partial charge in [0, 0.05) is 12.0 Å². The molecule has 6 heteroatoms. The third kappa shape index (κ3) is 4.03. The Morgan fingerprint density at radius 1 is 1.04 bits per heavy atom. The van der Waals surface area contributed by atoms with E-state index < -0.39 is 5.97 Å². The lowest BCUT2D eigenvalue weighted by atomic mass is 10.1. The van der Waals surface area contributed by atoms with Crippen molar-refractivity contribution in [1.82, 2.24) is 15.4 Å². The van der Waals surface area contributed by atoms with Gasteiger partial charge in [0.1, 0.15) is 11.4 Å². The molecular formula is C19H19N3O3. The minimum atomic E-state index is -0.509. The number of ether oxygens (including phenoxy) is 2. The molecule has 6 nitrogen and oxygen atoms in total. The average molecular weight is 337 g/mol. The third-order valence-corrected chi connectivity index (χ3v) is 3.65. The van der Waals surface area contributed by atoms with Crippen molar-refractivity contribution in [1.29, 1.82) is 0 Å². The van der Waals surface area contributed by atoms with Crippen LogP contribution in [0.3, 0.4) is 0 Å². The van der Waals surface area contributed by atoms with E-state index in [0.717, 1.165) is 6.42 Å². The van der Waals surface area contributed by atoms with Crippen molar-refractivity contribution in [2.24, 2.45) is 0 Å². The zero-order valence-corrected chi connectivity index (χ0v) is 13.9. The van der Waals surface area contributed by atoms with Gasteiger partial charge in [-0.15, -0.1) is 5.10 Å². The third-order valence-electron chi connectivity index (χ3n) is 3.65. The average Bonchev–Trinajstić information content (AvgIpc) is 3.13. The second-order valence-corrected chi connectivity index (χ2v) is 5.32. The molecule has 0 unspecified atom stereocenters. The van der Waals surface area contributed by atoms with E-state index in [1.54, 1.807) is 6.92 Å². The maximum Gasteiger partial charge on any atom is 0.361 e. The predicted molar refractivity (Wildman–Crippen MR) is 93.4 cm³/mol. The number of hydrogen-bond donors (Lipinski definition) is 1. The smallest absolute Gasteiger partial charge is 0.361 e. The number of aromatic nitrogens is 3. The highest BCUT2D eigenvalue weighted by Gasteiger charge is 2.21. The van der Waals surface area contributed by atoms with E-state index in [1.165, 1.54) is 5.56 Å². The Morgan fingerprint density at radius 3 is 2.60 bits per heavy atom. The molecule has 0 atom stereocenters. The van der Waals surface area contributed by atoms with E-state index in [9.17, 15) is 4.79 Å². The van der Waals surface area contributed by atoms with Crippen molar-refractivity contribution in [3.05, 3.63) is 65.9 Å². The van der Waals surface area contributed by atoms with Crippen LogP contribution in [0.15, 0.2) is 54.6 Å². The number of hydrogen-bond acceptors (Lipinski definition) is 5. The molecule has 0 spiro atoms. The molecule has 0 aliphatic rings. The molecule has 1 heterocycles. The lowest BCUT2D eigenvalue weighted by Crippen LogP contribution is -2.07. The molecule has 25 heavy (non-hydrogen) atoms. The van der Waals surface area contributed by atoms with Crippen molar-refractivity contribution in [2.45, 2.75) is 13.3 Å². The number of nitrogens with zero attached hydrogens (tertiary/aromatic N) is 2. The lowest BCUT2D eigenvalue weighted by Gasteiger charge is -2.10. The molecule has 3 aromatic rings. The summed E-state index contributed by atoms with van der Waals surface area (Å²) in [4.78, 5) is 12.0. The molecule has 1 N–H and O–H groups in total. The van der Waals surface area contributed by atoms with Gasteiger partial charge >= 0.3 is 5.97 Å². The Labute approximate surface area is 145 Å². The predicted octanol–water partition coefficient (Wildman–Crippen LogP) is 3.27. The van der Waals surface area contributed by atoms with Crippen LogP contribution in [0.2, 0.25) is 0 Å². The Kier molecular flexibility index (Phi) is 5.41. The van der Waals surface area contributed by atoms with Crippen LogP contribution < -0.4 is 4.74 Å². The van der Waals surface area contributed by atoms with Crippen LogP contribution in [0, 0.1) is 0 Å². The Morgan fingerprint density at radius 2 is 1.80 bits per heavy atom. The number of carbonyl (C=O) groups excluding carboxylic acids is 1. The summed E-state index contributed by atoms with van der Waals surface area (Å²) in [5.74, 6) is 0.142. The van der Waals surface area contributed by atoms with E-state index in [4.69, 9.17) is 9.47 Å². The highest BCUT2D eigenvalue weighted by Crippen LogP contribution is 2.30. The molecule has 0 saturated heterocycles. The quantitative estimate of drug-likeness (QED) is 0.670. The van der Waals surface area contributed by atoms with Gasteiger partial charge in [-0.05, 0) is 24.6 Å². The molecule has 0 aliphatic heterocycles. The maximum atomic E-state index is 12.0. The van der Waals surface area contributed by atoms with Gasteiger partial charge in [-0.1, -0.05) is 42.5 Å².